The average molecular weight is 347 g/mol. The molecule has 0 saturated carbocycles. The van der Waals surface area contributed by atoms with Crippen molar-refractivity contribution in [2.75, 3.05) is 11.1 Å². The molecule has 0 saturated heterocycles. The molecule has 0 spiro atoms. The largest absolute Gasteiger partial charge is 0.573 e. The minimum atomic E-state index is -4.71. The van der Waals surface area contributed by atoms with E-state index in [1.807, 2.05) is 0 Å². The topological polar surface area (TPSA) is 47.3 Å². The smallest absolute Gasteiger partial charge is 0.405 e. The van der Waals surface area contributed by atoms with Crippen LogP contribution in [0.2, 0.25) is 0 Å². The third-order valence-electron chi connectivity index (χ3n) is 2.36. The number of nitrogens with two attached hydrogens (primary N) is 1. The van der Waals surface area contributed by atoms with Gasteiger partial charge in [0.05, 0.1) is 4.47 Å². The van der Waals surface area contributed by atoms with Crippen molar-refractivity contribution in [1.82, 2.24) is 0 Å². The van der Waals surface area contributed by atoms with Gasteiger partial charge in [-0.25, -0.2) is 0 Å². The van der Waals surface area contributed by atoms with Crippen LogP contribution >= 0.6 is 15.9 Å². The molecule has 0 aliphatic rings. The molecule has 0 aromatic heterocycles. The first-order valence-electron chi connectivity index (χ1n) is 5.51. The van der Waals surface area contributed by atoms with Crippen molar-refractivity contribution in [2.45, 2.75) is 6.36 Å². The van der Waals surface area contributed by atoms with Crippen molar-refractivity contribution in [3.8, 4) is 5.75 Å². The van der Waals surface area contributed by atoms with Gasteiger partial charge in [-0.1, -0.05) is 0 Å². The predicted molar refractivity (Wildman–Crippen MR) is 75.0 cm³/mol. The molecule has 0 bridgehead atoms. The van der Waals surface area contributed by atoms with Gasteiger partial charge in [-0.3, -0.25) is 0 Å². The standard InChI is InChI=1S/C13H10BrF3N2O/c14-11-7-10(5-6-12(11)20-13(15,16)17)19-9-3-1-8(18)2-4-9/h1-7,19H,18H2. The number of hydrogen-bond acceptors (Lipinski definition) is 3. The van der Waals surface area contributed by atoms with Crippen molar-refractivity contribution < 1.29 is 17.9 Å². The highest BCUT2D eigenvalue weighted by Crippen LogP contribution is 2.33. The highest BCUT2D eigenvalue weighted by atomic mass is 79.9. The third kappa shape index (κ3) is 4.06. The predicted octanol–water partition coefficient (Wildman–Crippen LogP) is 4.67. The van der Waals surface area contributed by atoms with Crippen LogP contribution in [-0.4, -0.2) is 6.36 Å². The van der Waals surface area contributed by atoms with E-state index in [9.17, 15) is 13.2 Å². The summed E-state index contributed by atoms with van der Waals surface area (Å²) in [5, 5.41) is 3.04. The van der Waals surface area contributed by atoms with Gasteiger partial charge in [0.1, 0.15) is 5.75 Å². The van der Waals surface area contributed by atoms with Gasteiger partial charge in [-0.15, -0.1) is 13.2 Å². The summed E-state index contributed by atoms with van der Waals surface area (Å²) in [5.41, 5.74) is 7.59. The van der Waals surface area contributed by atoms with Crippen LogP contribution in [0.1, 0.15) is 0 Å². The lowest BCUT2D eigenvalue weighted by Gasteiger charge is -2.12. The molecule has 0 radical (unpaired) electrons. The molecule has 3 N–H and O–H groups in total. The Morgan fingerprint density at radius 2 is 1.60 bits per heavy atom. The van der Waals surface area contributed by atoms with Gasteiger partial charge >= 0.3 is 6.36 Å². The molecule has 0 fully saturated rings. The van der Waals surface area contributed by atoms with E-state index in [1.54, 1.807) is 24.3 Å². The summed E-state index contributed by atoms with van der Waals surface area (Å²) in [6.07, 6.45) is -4.71. The van der Waals surface area contributed by atoms with Gasteiger partial charge < -0.3 is 15.8 Å². The molecule has 3 nitrogen and oxygen atoms in total. The zero-order valence-electron chi connectivity index (χ0n) is 10.0. The van der Waals surface area contributed by atoms with Gasteiger partial charge in [0.15, 0.2) is 0 Å². The van der Waals surface area contributed by atoms with Crippen LogP contribution in [0.3, 0.4) is 0 Å². The Hall–Kier alpha value is -1.89. The Balaban J connectivity index is 2.14. The molecular formula is C13H10BrF3N2O. The van der Waals surface area contributed by atoms with E-state index in [4.69, 9.17) is 5.73 Å². The molecule has 0 aliphatic carbocycles. The van der Waals surface area contributed by atoms with E-state index in [2.05, 4.69) is 26.0 Å². The van der Waals surface area contributed by atoms with Crippen molar-refractivity contribution >= 4 is 33.0 Å². The number of anilines is 3. The lowest BCUT2D eigenvalue weighted by atomic mass is 10.2. The van der Waals surface area contributed by atoms with Gasteiger partial charge in [0.25, 0.3) is 0 Å². The molecule has 0 amide bonds. The number of nitrogens with one attached hydrogen (secondary N) is 1. The second-order valence-electron chi connectivity index (χ2n) is 3.94. The van der Waals surface area contributed by atoms with Gasteiger partial charge in [-0.2, -0.15) is 0 Å². The first kappa shape index (κ1) is 14.5. The number of alkyl halides is 3. The second kappa shape index (κ2) is 5.62. The van der Waals surface area contributed by atoms with Crippen LogP contribution in [0.15, 0.2) is 46.9 Å². The van der Waals surface area contributed by atoms with E-state index < -0.39 is 6.36 Å². The van der Waals surface area contributed by atoms with Crippen molar-refractivity contribution in [2.24, 2.45) is 0 Å². The SMILES string of the molecule is Nc1ccc(Nc2ccc(OC(F)(F)F)c(Br)c2)cc1. The molecule has 0 atom stereocenters. The van der Waals surface area contributed by atoms with Crippen LogP contribution in [0, 0.1) is 0 Å². The number of halogens is 4. The van der Waals surface area contributed by atoms with Crippen LogP contribution < -0.4 is 15.8 Å². The fraction of sp³-hybridized carbons (Fsp3) is 0.0769. The first-order chi connectivity index (χ1) is 9.33. The number of benzene rings is 2. The minimum absolute atomic E-state index is 0.204. The van der Waals surface area contributed by atoms with Crippen molar-refractivity contribution in [3.05, 3.63) is 46.9 Å². The fourth-order valence-electron chi connectivity index (χ4n) is 1.52. The molecule has 0 unspecified atom stereocenters. The summed E-state index contributed by atoms with van der Waals surface area (Å²) in [5.74, 6) is -0.291. The summed E-state index contributed by atoms with van der Waals surface area (Å²) < 4.78 is 40.5. The summed E-state index contributed by atoms with van der Waals surface area (Å²) in [6.45, 7) is 0. The first-order valence-corrected chi connectivity index (χ1v) is 6.31. The summed E-state index contributed by atoms with van der Waals surface area (Å²) in [4.78, 5) is 0. The molecule has 7 heteroatoms. The molecular weight excluding hydrogens is 337 g/mol. The lowest BCUT2D eigenvalue weighted by Crippen LogP contribution is -2.17. The molecule has 0 heterocycles. The Kier molecular flexibility index (Phi) is 4.08. The highest BCUT2D eigenvalue weighted by Gasteiger charge is 2.31. The zero-order valence-corrected chi connectivity index (χ0v) is 11.6. The monoisotopic (exact) mass is 346 g/mol. The molecule has 2 rings (SSSR count). The van der Waals surface area contributed by atoms with Gasteiger partial charge in [-0.05, 0) is 58.4 Å². The summed E-state index contributed by atoms with van der Waals surface area (Å²) in [7, 11) is 0. The number of nitrogen functional groups attached to an aromatic ring is 1. The van der Waals surface area contributed by atoms with Gasteiger partial charge in [0.2, 0.25) is 0 Å². The molecule has 106 valence electrons. The highest BCUT2D eigenvalue weighted by molar-refractivity contribution is 9.10. The normalized spacial score (nSPS) is 11.2. The summed E-state index contributed by atoms with van der Waals surface area (Å²) >= 11 is 3.04. The van der Waals surface area contributed by atoms with Crippen LogP contribution in [0.25, 0.3) is 0 Å². The van der Waals surface area contributed by atoms with Crippen LogP contribution in [-0.2, 0) is 0 Å². The Bertz CT molecular complexity index is 600. The van der Waals surface area contributed by atoms with Crippen molar-refractivity contribution in [3.63, 3.8) is 0 Å². The summed E-state index contributed by atoms with van der Waals surface area (Å²) in [6, 6.07) is 11.2. The number of ether oxygens (including phenoxy) is 1. The maximum absolute atomic E-state index is 12.1. The zero-order chi connectivity index (χ0) is 14.8. The van der Waals surface area contributed by atoms with E-state index in [-0.39, 0.29) is 10.2 Å². The average Bonchev–Trinajstić information content (AvgIpc) is 2.34. The fourth-order valence-corrected chi connectivity index (χ4v) is 1.98. The Labute approximate surface area is 121 Å². The second-order valence-corrected chi connectivity index (χ2v) is 4.79. The maximum atomic E-state index is 12.1. The third-order valence-corrected chi connectivity index (χ3v) is 2.98. The van der Waals surface area contributed by atoms with Crippen LogP contribution in [0.4, 0.5) is 30.2 Å². The molecule has 2 aromatic carbocycles. The molecule has 20 heavy (non-hydrogen) atoms. The van der Waals surface area contributed by atoms with E-state index in [0.717, 1.165) is 5.69 Å². The van der Waals surface area contributed by atoms with E-state index in [0.29, 0.717) is 11.4 Å². The Morgan fingerprint density at radius 1 is 1.00 bits per heavy atom. The lowest BCUT2D eigenvalue weighted by molar-refractivity contribution is -0.274. The van der Waals surface area contributed by atoms with Gasteiger partial charge in [0, 0.05) is 17.1 Å². The molecule has 0 aliphatic heterocycles. The minimum Gasteiger partial charge on any atom is -0.405 e. The van der Waals surface area contributed by atoms with Crippen molar-refractivity contribution in [1.29, 1.82) is 0 Å². The van der Waals surface area contributed by atoms with Crippen LogP contribution in [0.5, 0.6) is 5.75 Å². The number of rotatable bonds is 3. The maximum Gasteiger partial charge on any atom is 0.573 e. The molecule has 2 aromatic rings. The number of hydrogen-bond donors (Lipinski definition) is 2. The van der Waals surface area contributed by atoms with E-state index >= 15 is 0 Å². The van der Waals surface area contributed by atoms with E-state index in [1.165, 1.54) is 18.2 Å². The Morgan fingerprint density at radius 3 is 2.15 bits per heavy atom. The quantitative estimate of drug-likeness (QED) is 0.793.